The second-order valence-electron chi connectivity index (χ2n) is 5.98. The highest BCUT2D eigenvalue weighted by Gasteiger charge is 2.15. The Balaban J connectivity index is 1.52. The monoisotopic (exact) mass is 395 g/mol. The second kappa shape index (κ2) is 7.16. The van der Waals surface area contributed by atoms with E-state index in [4.69, 9.17) is 16.0 Å². The lowest BCUT2D eigenvalue weighted by atomic mass is 10.1. The van der Waals surface area contributed by atoms with Crippen LogP contribution in [0, 0.1) is 10.1 Å². The van der Waals surface area contributed by atoms with E-state index in [1.165, 1.54) is 18.3 Å². The molecule has 0 radical (unpaired) electrons. The molecule has 2 aromatic heterocycles. The van der Waals surface area contributed by atoms with Crippen LogP contribution in [0.2, 0.25) is 5.02 Å². The van der Waals surface area contributed by atoms with Gasteiger partial charge in [-0.2, -0.15) is 5.10 Å². The molecule has 0 spiro atoms. The van der Waals surface area contributed by atoms with Crippen molar-refractivity contribution < 1.29 is 9.34 Å². The summed E-state index contributed by atoms with van der Waals surface area (Å²) in [6, 6.07) is 15.7. The van der Waals surface area contributed by atoms with Crippen molar-refractivity contribution in [2.24, 2.45) is 12.1 Å². The standard InChI is InChI=1S/C19H14ClN5O3/c1-24-16-5-3-2-4-15(16)22-19(24)23-21-11-13-7-9-18(28-13)12-6-8-14(20)17(10-12)25(26)27/h2-11H,1H3,(H,22,23)/b21-11-. The summed E-state index contributed by atoms with van der Waals surface area (Å²) in [5, 5.41) is 15.3. The SMILES string of the molecule is Cn1c(N/N=C\c2ccc(-c3ccc(Cl)c([N+](=O)[O-])c3)o2)nc2ccccc21. The lowest BCUT2D eigenvalue weighted by Crippen LogP contribution is -1.98. The third-order valence-corrected chi connectivity index (χ3v) is 4.52. The van der Waals surface area contributed by atoms with E-state index in [1.807, 2.05) is 35.9 Å². The number of fused-ring (bicyclic) bond motifs is 1. The molecule has 9 heteroatoms. The van der Waals surface area contributed by atoms with Crippen LogP contribution in [0.5, 0.6) is 0 Å². The molecule has 4 aromatic rings. The predicted molar refractivity (Wildman–Crippen MR) is 108 cm³/mol. The minimum Gasteiger partial charge on any atom is -0.455 e. The number of aryl methyl sites for hydroxylation is 1. The number of hydrogen-bond acceptors (Lipinski definition) is 6. The number of aromatic nitrogens is 2. The number of anilines is 1. The van der Waals surface area contributed by atoms with Crippen LogP contribution in [0.3, 0.4) is 0 Å². The Kier molecular flexibility index (Phi) is 4.54. The maximum Gasteiger partial charge on any atom is 0.288 e. The van der Waals surface area contributed by atoms with Crippen LogP contribution in [-0.4, -0.2) is 20.7 Å². The molecule has 140 valence electrons. The van der Waals surface area contributed by atoms with Gasteiger partial charge in [-0.05, 0) is 36.4 Å². The van der Waals surface area contributed by atoms with Crippen LogP contribution in [0.25, 0.3) is 22.4 Å². The van der Waals surface area contributed by atoms with Crippen LogP contribution >= 0.6 is 11.6 Å². The first kappa shape index (κ1) is 17.7. The van der Waals surface area contributed by atoms with Gasteiger partial charge in [0.25, 0.3) is 5.69 Å². The van der Waals surface area contributed by atoms with Crippen LogP contribution in [0.15, 0.2) is 64.1 Å². The van der Waals surface area contributed by atoms with Gasteiger partial charge in [-0.3, -0.25) is 10.1 Å². The number of nitro groups is 1. The molecule has 2 aromatic carbocycles. The Labute approximate surface area is 164 Å². The topological polar surface area (TPSA) is 98.5 Å². The number of benzene rings is 2. The molecule has 0 atom stereocenters. The highest BCUT2D eigenvalue weighted by Crippen LogP contribution is 2.31. The molecule has 0 aliphatic rings. The fourth-order valence-corrected chi connectivity index (χ4v) is 2.97. The molecule has 8 nitrogen and oxygen atoms in total. The quantitative estimate of drug-likeness (QED) is 0.296. The Morgan fingerprint density at radius 1 is 1.25 bits per heavy atom. The molecule has 0 fully saturated rings. The number of para-hydroxylation sites is 2. The first-order valence-corrected chi connectivity index (χ1v) is 8.65. The van der Waals surface area contributed by atoms with Gasteiger partial charge in [-0.25, -0.2) is 10.4 Å². The summed E-state index contributed by atoms with van der Waals surface area (Å²) in [5.41, 5.74) is 5.13. The largest absolute Gasteiger partial charge is 0.455 e. The highest BCUT2D eigenvalue weighted by atomic mass is 35.5. The zero-order valence-electron chi connectivity index (χ0n) is 14.7. The molecule has 0 aliphatic carbocycles. The van der Waals surface area contributed by atoms with Crippen molar-refractivity contribution >= 4 is 40.5 Å². The molecule has 28 heavy (non-hydrogen) atoms. The minimum atomic E-state index is -0.530. The smallest absolute Gasteiger partial charge is 0.288 e. The van der Waals surface area contributed by atoms with Crippen molar-refractivity contribution in [1.29, 1.82) is 0 Å². The van der Waals surface area contributed by atoms with E-state index in [0.717, 1.165) is 11.0 Å². The van der Waals surface area contributed by atoms with E-state index in [-0.39, 0.29) is 10.7 Å². The molecule has 0 unspecified atom stereocenters. The Morgan fingerprint density at radius 2 is 2.07 bits per heavy atom. The number of furan rings is 1. The summed E-state index contributed by atoms with van der Waals surface area (Å²) >= 11 is 5.84. The van der Waals surface area contributed by atoms with Crippen molar-refractivity contribution in [3.8, 4) is 11.3 Å². The Bertz CT molecular complexity index is 1210. The maximum absolute atomic E-state index is 11.0. The number of imidazole rings is 1. The average Bonchev–Trinajstić information content (AvgIpc) is 3.28. The number of hydrazone groups is 1. The highest BCUT2D eigenvalue weighted by molar-refractivity contribution is 6.32. The fraction of sp³-hybridized carbons (Fsp3) is 0.0526. The lowest BCUT2D eigenvalue weighted by molar-refractivity contribution is -0.384. The number of halogens is 1. The number of nitrogens with one attached hydrogen (secondary N) is 1. The van der Waals surface area contributed by atoms with E-state index in [0.29, 0.717) is 23.0 Å². The summed E-state index contributed by atoms with van der Waals surface area (Å²) in [6.45, 7) is 0. The van der Waals surface area contributed by atoms with Crippen LogP contribution in [0.1, 0.15) is 5.76 Å². The number of hydrogen-bond donors (Lipinski definition) is 1. The van der Waals surface area contributed by atoms with Crippen LogP contribution < -0.4 is 5.43 Å². The van der Waals surface area contributed by atoms with Crippen LogP contribution in [-0.2, 0) is 7.05 Å². The summed E-state index contributed by atoms with van der Waals surface area (Å²) in [7, 11) is 1.89. The summed E-state index contributed by atoms with van der Waals surface area (Å²) in [6.07, 6.45) is 1.51. The van der Waals surface area contributed by atoms with E-state index in [2.05, 4.69) is 15.5 Å². The molecule has 4 rings (SSSR count). The molecule has 2 heterocycles. The lowest BCUT2D eigenvalue weighted by Gasteiger charge is -2.00. The van der Waals surface area contributed by atoms with Gasteiger partial charge in [0.15, 0.2) is 0 Å². The second-order valence-corrected chi connectivity index (χ2v) is 6.39. The van der Waals surface area contributed by atoms with Gasteiger partial charge in [0, 0.05) is 18.7 Å². The zero-order valence-corrected chi connectivity index (χ0v) is 15.4. The molecule has 0 aliphatic heterocycles. The van der Waals surface area contributed by atoms with Crippen molar-refractivity contribution in [2.75, 3.05) is 5.43 Å². The molecule has 0 saturated carbocycles. The molecular formula is C19H14ClN5O3. The Morgan fingerprint density at radius 3 is 2.86 bits per heavy atom. The summed E-state index contributed by atoms with van der Waals surface area (Å²) in [5.74, 6) is 1.56. The van der Waals surface area contributed by atoms with Gasteiger partial charge < -0.3 is 8.98 Å². The number of rotatable bonds is 5. The molecule has 0 bridgehead atoms. The third-order valence-electron chi connectivity index (χ3n) is 4.20. The molecule has 1 N–H and O–H groups in total. The van der Waals surface area contributed by atoms with Gasteiger partial charge in [-0.1, -0.05) is 23.7 Å². The van der Waals surface area contributed by atoms with Crippen LogP contribution in [0.4, 0.5) is 11.6 Å². The van der Waals surface area contributed by atoms with Crippen molar-refractivity contribution in [2.45, 2.75) is 0 Å². The first-order chi connectivity index (χ1) is 13.5. The average molecular weight is 396 g/mol. The van der Waals surface area contributed by atoms with Gasteiger partial charge in [0.1, 0.15) is 16.5 Å². The third kappa shape index (κ3) is 3.33. The normalized spacial score (nSPS) is 11.4. The Hall–Kier alpha value is -3.65. The van der Waals surface area contributed by atoms with Crippen molar-refractivity contribution in [3.05, 3.63) is 75.5 Å². The molecule has 0 saturated heterocycles. The predicted octanol–water partition coefficient (Wildman–Crippen LogP) is 4.84. The maximum atomic E-state index is 11.0. The van der Waals surface area contributed by atoms with Gasteiger partial charge in [0.2, 0.25) is 5.95 Å². The van der Waals surface area contributed by atoms with E-state index in [9.17, 15) is 10.1 Å². The minimum absolute atomic E-state index is 0.0775. The molecular weight excluding hydrogens is 382 g/mol. The fourth-order valence-electron chi connectivity index (χ4n) is 2.78. The van der Waals surface area contributed by atoms with E-state index >= 15 is 0 Å². The zero-order chi connectivity index (χ0) is 19.7. The van der Waals surface area contributed by atoms with Gasteiger partial charge in [0.05, 0.1) is 22.2 Å². The molecule has 0 amide bonds. The summed E-state index contributed by atoms with van der Waals surface area (Å²) < 4.78 is 7.59. The van der Waals surface area contributed by atoms with Gasteiger partial charge >= 0.3 is 0 Å². The number of nitro benzene ring substituents is 1. The van der Waals surface area contributed by atoms with E-state index in [1.54, 1.807) is 18.2 Å². The summed E-state index contributed by atoms with van der Waals surface area (Å²) in [4.78, 5) is 15.0. The van der Waals surface area contributed by atoms with Gasteiger partial charge in [-0.15, -0.1) is 0 Å². The van der Waals surface area contributed by atoms with Crippen molar-refractivity contribution in [3.63, 3.8) is 0 Å². The first-order valence-electron chi connectivity index (χ1n) is 8.27. The number of nitrogens with zero attached hydrogens (tertiary/aromatic N) is 4. The van der Waals surface area contributed by atoms with Crippen molar-refractivity contribution in [1.82, 2.24) is 9.55 Å². The van der Waals surface area contributed by atoms with E-state index < -0.39 is 4.92 Å².